The first-order valence-electron chi connectivity index (χ1n) is 7.01. The molecule has 0 bridgehead atoms. The third-order valence-electron chi connectivity index (χ3n) is 3.29. The van der Waals surface area contributed by atoms with Crippen LogP contribution < -0.4 is 10.6 Å². The van der Waals surface area contributed by atoms with E-state index in [1.807, 2.05) is 0 Å². The summed E-state index contributed by atoms with van der Waals surface area (Å²) in [5.74, 6) is 0.0637. The van der Waals surface area contributed by atoms with E-state index in [9.17, 15) is 18.0 Å². The molecule has 1 amide bonds. The van der Waals surface area contributed by atoms with Crippen molar-refractivity contribution in [2.75, 3.05) is 5.32 Å². The fourth-order valence-corrected chi connectivity index (χ4v) is 1.90. The Morgan fingerprint density at radius 3 is 2.26 bits per heavy atom. The number of hydrogen-bond donors (Lipinski definition) is 2. The first-order chi connectivity index (χ1) is 10.9. The zero-order valence-corrected chi connectivity index (χ0v) is 11.9. The molecule has 1 aromatic carbocycles. The van der Waals surface area contributed by atoms with E-state index in [2.05, 4.69) is 20.8 Å². The molecule has 0 spiro atoms. The Bertz CT molecular complexity index is 694. The van der Waals surface area contributed by atoms with Crippen molar-refractivity contribution >= 4 is 17.4 Å². The van der Waals surface area contributed by atoms with Crippen molar-refractivity contribution in [2.24, 2.45) is 0 Å². The molecular weight excluding hydrogens is 309 g/mol. The Morgan fingerprint density at radius 1 is 1.04 bits per heavy atom. The molecule has 0 saturated heterocycles. The Hall–Kier alpha value is -2.64. The average molecular weight is 322 g/mol. The smallest absolute Gasteiger partial charge is 0.348 e. The van der Waals surface area contributed by atoms with Crippen LogP contribution in [0.5, 0.6) is 0 Å². The molecule has 0 aliphatic heterocycles. The Labute approximate surface area is 129 Å². The molecule has 120 valence electrons. The van der Waals surface area contributed by atoms with Gasteiger partial charge in [-0.05, 0) is 49.2 Å². The number of benzene rings is 1. The van der Waals surface area contributed by atoms with Crippen LogP contribution in [0.1, 0.15) is 28.9 Å². The summed E-state index contributed by atoms with van der Waals surface area (Å²) in [6.45, 7) is 0. The number of carbonyl (C=O) groups excluding carboxylic acids is 1. The van der Waals surface area contributed by atoms with Crippen LogP contribution in [0.2, 0.25) is 0 Å². The van der Waals surface area contributed by atoms with Gasteiger partial charge in [-0.15, -0.1) is 10.2 Å². The predicted octanol–water partition coefficient (Wildman–Crippen LogP) is 3.13. The largest absolute Gasteiger partial charge is 0.416 e. The number of rotatable bonds is 4. The SMILES string of the molecule is O=C(NC1CC1)c1ccc(Nc2ccc(C(F)(F)F)cc2)nn1. The number of nitrogens with one attached hydrogen (secondary N) is 2. The summed E-state index contributed by atoms with van der Waals surface area (Å²) >= 11 is 0. The Balaban J connectivity index is 1.64. The van der Waals surface area contributed by atoms with Crippen LogP contribution in [-0.4, -0.2) is 22.1 Å². The second kappa shape index (κ2) is 5.86. The molecule has 0 atom stereocenters. The third kappa shape index (κ3) is 3.97. The van der Waals surface area contributed by atoms with Crippen molar-refractivity contribution in [3.8, 4) is 0 Å². The van der Waals surface area contributed by atoms with Crippen molar-refractivity contribution in [3.63, 3.8) is 0 Å². The summed E-state index contributed by atoms with van der Waals surface area (Å²) in [7, 11) is 0. The van der Waals surface area contributed by atoms with Gasteiger partial charge in [-0.2, -0.15) is 13.2 Å². The van der Waals surface area contributed by atoms with Crippen molar-refractivity contribution in [3.05, 3.63) is 47.7 Å². The molecule has 2 N–H and O–H groups in total. The molecule has 8 heteroatoms. The van der Waals surface area contributed by atoms with Gasteiger partial charge in [0, 0.05) is 11.7 Å². The highest BCUT2D eigenvalue weighted by molar-refractivity contribution is 5.92. The highest BCUT2D eigenvalue weighted by Gasteiger charge is 2.30. The number of halogens is 3. The molecule has 23 heavy (non-hydrogen) atoms. The van der Waals surface area contributed by atoms with E-state index in [0.29, 0.717) is 11.5 Å². The lowest BCUT2D eigenvalue weighted by Gasteiger charge is -2.09. The third-order valence-corrected chi connectivity index (χ3v) is 3.29. The Kier molecular flexibility index (Phi) is 3.89. The summed E-state index contributed by atoms with van der Waals surface area (Å²) < 4.78 is 37.4. The fourth-order valence-electron chi connectivity index (χ4n) is 1.90. The van der Waals surface area contributed by atoms with Crippen LogP contribution >= 0.6 is 0 Å². The molecule has 0 unspecified atom stereocenters. The molecule has 1 fully saturated rings. The molecule has 5 nitrogen and oxygen atoms in total. The van der Waals surface area contributed by atoms with Crippen LogP contribution in [0, 0.1) is 0 Å². The number of alkyl halides is 3. The number of aromatic nitrogens is 2. The van der Waals surface area contributed by atoms with E-state index < -0.39 is 11.7 Å². The van der Waals surface area contributed by atoms with Gasteiger partial charge in [0.1, 0.15) is 0 Å². The standard InChI is InChI=1S/C15H13F3N4O/c16-15(17,18)9-1-3-10(4-2-9)19-13-8-7-12(21-22-13)14(23)20-11-5-6-11/h1-4,7-8,11H,5-6H2,(H,19,22)(H,20,23). The van der Waals surface area contributed by atoms with Gasteiger partial charge >= 0.3 is 6.18 Å². The van der Waals surface area contributed by atoms with Gasteiger partial charge in [0.25, 0.3) is 5.91 Å². The molecule has 1 saturated carbocycles. The minimum Gasteiger partial charge on any atom is -0.348 e. The highest BCUT2D eigenvalue weighted by atomic mass is 19.4. The van der Waals surface area contributed by atoms with Gasteiger partial charge in [-0.1, -0.05) is 0 Å². The zero-order valence-electron chi connectivity index (χ0n) is 11.9. The van der Waals surface area contributed by atoms with E-state index in [-0.39, 0.29) is 17.6 Å². The van der Waals surface area contributed by atoms with Gasteiger partial charge in [-0.25, -0.2) is 0 Å². The van der Waals surface area contributed by atoms with E-state index >= 15 is 0 Å². The molecule has 1 aromatic heterocycles. The minimum atomic E-state index is -4.37. The quantitative estimate of drug-likeness (QED) is 0.907. The number of anilines is 2. The normalized spacial score (nSPS) is 14.4. The topological polar surface area (TPSA) is 66.9 Å². The first kappa shape index (κ1) is 15.3. The lowest BCUT2D eigenvalue weighted by atomic mass is 10.2. The number of carbonyl (C=O) groups is 1. The van der Waals surface area contributed by atoms with Crippen molar-refractivity contribution in [2.45, 2.75) is 25.1 Å². The lowest BCUT2D eigenvalue weighted by Crippen LogP contribution is -2.26. The zero-order chi connectivity index (χ0) is 16.4. The maximum absolute atomic E-state index is 12.5. The van der Waals surface area contributed by atoms with Gasteiger partial charge in [0.15, 0.2) is 11.5 Å². The Morgan fingerprint density at radius 2 is 1.74 bits per heavy atom. The summed E-state index contributed by atoms with van der Waals surface area (Å²) in [4.78, 5) is 11.8. The number of hydrogen-bond acceptors (Lipinski definition) is 4. The van der Waals surface area contributed by atoms with E-state index in [4.69, 9.17) is 0 Å². The fraction of sp³-hybridized carbons (Fsp3) is 0.267. The maximum Gasteiger partial charge on any atom is 0.416 e. The van der Waals surface area contributed by atoms with Crippen LogP contribution in [-0.2, 0) is 6.18 Å². The van der Waals surface area contributed by atoms with Gasteiger partial charge in [-0.3, -0.25) is 4.79 Å². The van der Waals surface area contributed by atoms with Gasteiger partial charge < -0.3 is 10.6 Å². The lowest BCUT2D eigenvalue weighted by molar-refractivity contribution is -0.137. The predicted molar refractivity (Wildman–Crippen MR) is 77.2 cm³/mol. The minimum absolute atomic E-state index is 0.204. The molecule has 1 aliphatic rings. The summed E-state index contributed by atoms with van der Waals surface area (Å²) in [6.07, 6.45) is -2.41. The van der Waals surface area contributed by atoms with Crippen LogP contribution in [0.4, 0.5) is 24.7 Å². The monoisotopic (exact) mass is 322 g/mol. The second-order valence-corrected chi connectivity index (χ2v) is 5.25. The molecular formula is C15H13F3N4O. The average Bonchev–Trinajstić information content (AvgIpc) is 3.31. The molecule has 1 heterocycles. The van der Waals surface area contributed by atoms with Crippen LogP contribution in [0.15, 0.2) is 36.4 Å². The van der Waals surface area contributed by atoms with Crippen LogP contribution in [0.3, 0.4) is 0 Å². The molecule has 3 rings (SSSR count). The molecule has 1 aliphatic carbocycles. The molecule has 0 radical (unpaired) electrons. The number of amides is 1. The van der Waals surface area contributed by atoms with Crippen molar-refractivity contribution < 1.29 is 18.0 Å². The second-order valence-electron chi connectivity index (χ2n) is 5.25. The van der Waals surface area contributed by atoms with E-state index in [1.54, 1.807) is 6.07 Å². The van der Waals surface area contributed by atoms with Crippen molar-refractivity contribution in [1.29, 1.82) is 0 Å². The van der Waals surface area contributed by atoms with Gasteiger partial charge in [0.05, 0.1) is 5.56 Å². The van der Waals surface area contributed by atoms with Gasteiger partial charge in [0.2, 0.25) is 0 Å². The maximum atomic E-state index is 12.5. The van der Waals surface area contributed by atoms with Crippen molar-refractivity contribution in [1.82, 2.24) is 15.5 Å². The van der Waals surface area contributed by atoms with E-state index in [1.165, 1.54) is 18.2 Å². The van der Waals surface area contributed by atoms with Crippen LogP contribution in [0.25, 0.3) is 0 Å². The highest BCUT2D eigenvalue weighted by Crippen LogP contribution is 2.30. The summed E-state index contributed by atoms with van der Waals surface area (Å²) in [6, 6.07) is 7.86. The summed E-state index contributed by atoms with van der Waals surface area (Å²) in [5.41, 5.74) is -0.0708. The summed E-state index contributed by atoms with van der Waals surface area (Å²) in [5, 5.41) is 13.3. The first-order valence-corrected chi connectivity index (χ1v) is 7.01. The number of nitrogens with zero attached hydrogens (tertiary/aromatic N) is 2. The van der Waals surface area contributed by atoms with E-state index in [0.717, 1.165) is 25.0 Å². The molecule has 2 aromatic rings.